The monoisotopic (exact) mass is 246 g/mol. The zero-order valence-electron chi connectivity index (χ0n) is 12.2. The van der Waals surface area contributed by atoms with Crippen LogP contribution in [0.1, 0.15) is 37.8 Å². The Kier molecular flexibility index (Phi) is 4.28. The minimum Gasteiger partial charge on any atom is -0.374 e. The summed E-state index contributed by atoms with van der Waals surface area (Å²) in [5, 5.41) is 3.62. The highest BCUT2D eigenvalue weighted by molar-refractivity contribution is 5.54. The molecule has 1 N–H and O–H groups in total. The molecule has 0 spiro atoms. The first-order chi connectivity index (χ1) is 8.56. The summed E-state index contributed by atoms with van der Waals surface area (Å²) in [6.07, 6.45) is 2.70. The molecule has 0 saturated heterocycles. The number of benzene rings is 1. The lowest BCUT2D eigenvalue weighted by atomic mass is 10.1. The lowest BCUT2D eigenvalue weighted by molar-refractivity contribution is 0.632. The van der Waals surface area contributed by atoms with E-state index >= 15 is 0 Å². The highest BCUT2D eigenvalue weighted by Crippen LogP contribution is 2.24. The summed E-state index contributed by atoms with van der Waals surface area (Å²) >= 11 is 0. The number of hydrogen-bond donors (Lipinski definition) is 1. The van der Waals surface area contributed by atoms with Gasteiger partial charge in [-0.15, -0.1) is 0 Å². The Bertz CT molecular complexity index is 394. The Balaban J connectivity index is 2.10. The van der Waals surface area contributed by atoms with E-state index in [4.69, 9.17) is 0 Å². The van der Waals surface area contributed by atoms with Gasteiger partial charge in [-0.05, 0) is 37.3 Å². The second-order valence-electron chi connectivity index (χ2n) is 6.06. The lowest BCUT2D eigenvalue weighted by Gasteiger charge is -2.25. The second kappa shape index (κ2) is 5.75. The average molecular weight is 246 g/mol. The first kappa shape index (κ1) is 13.4. The molecule has 18 heavy (non-hydrogen) atoms. The van der Waals surface area contributed by atoms with Crippen LogP contribution in [0.4, 0.5) is 5.69 Å². The third-order valence-electron chi connectivity index (χ3n) is 3.44. The quantitative estimate of drug-likeness (QED) is 0.828. The van der Waals surface area contributed by atoms with Crippen molar-refractivity contribution in [1.29, 1.82) is 0 Å². The van der Waals surface area contributed by atoms with Gasteiger partial charge in [0, 0.05) is 31.9 Å². The van der Waals surface area contributed by atoms with Gasteiger partial charge < -0.3 is 10.2 Å². The fourth-order valence-corrected chi connectivity index (χ4v) is 2.42. The van der Waals surface area contributed by atoms with Gasteiger partial charge in [-0.1, -0.05) is 31.5 Å². The molecule has 1 aromatic rings. The Labute approximate surface area is 111 Å². The van der Waals surface area contributed by atoms with E-state index in [0.29, 0.717) is 5.92 Å². The van der Waals surface area contributed by atoms with Crippen LogP contribution < -0.4 is 10.2 Å². The van der Waals surface area contributed by atoms with E-state index in [1.54, 1.807) is 0 Å². The van der Waals surface area contributed by atoms with Crippen LogP contribution in [0, 0.1) is 12.8 Å². The zero-order chi connectivity index (χ0) is 13.1. The van der Waals surface area contributed by atoms with Crippen molar-refractivity contribution in [3.05, 3.63) is 29.3 Å². The Hall–Kier alpha value is -1.02. The molecule has 0 atom stereocenters. The topological polar surface area (TPSA) is 15.3 Å². The number of nitrogens with one attached hydrogen (secondary N) is 1. The van der Waals surface area contributed by atoms with Gasteiger partial charge in [0.15, 0.2) is 0 Å². The second-order valence-corrected chi connectivity index (χ2v) is 6.06. The molecule has 0 heterocycles. The molecule has 0 radical (unpaired) electrons. The van der Waals surface area contributed by atoms with E-state index in [0.717, 1.165) is 19.1 Å². The maximum Gasteiger partial charge on any atom is 0.0409 e. The van der Waals surface area contributed by atoms with Crippen LogP contribution in [0.25, 0.3) is 0 Å². The van der Waals surface area contributed by atoms with Crippen LogP contribution in [0.2, 0.25) is 0 Å². The molecule has 1 aromatic carbocycles. The fourth-order valence-electron chi connectivity index (χ4n) is 2.42. The molecule has 2 heteroatoms. The van der Waals surface area contributed by atoms with Crippen LogP contribution >= 0.6 is 0 Å². The third-order valence-corrected chi connectivity index (χ3v) is 3.44. The molecule has 0 bridgehead atoms. The maximum absolute atomic E-state index is 3.62. The van der Waals surface area contributed by atoms with Gasteiger partial charge in [0.05, 0.1) is 0 Å². The number of hydrogen-bond acceptors (Lipinski definition) is 2. The Morgan fingerprint density at radius 3 is 2.67 bits per heavy atom. The van der Waals surface area contributed by atoms with Gasteiger partial charge in [0.1, 0.15) is 0 Å². The molecule has 100 valence electrons. The highest BCUT2D eigenvalue weighted by atomic mass is 15.1. The van der Waals surface area contributed by atoms with Gasteiger partial charge in [-0.25, -0.2) is 0 Å². The van der Waals surface area contributed by atoms with E-state index in [2.05, 4.69) is 56.2 Å². The highest BCUT2D eigenvalue weighted by Gasteiger charge is 2.20. The van der Waals surface area contributed by atoms with Crippen molar-refractivity contribution in [1.82, 2.24) is 5.32 Å². The summed E-state index contributed by atoms with van der Waals surface area (Å²) < 4.78 is 0. The first-order valence-corrected chi connectivity index (χ1v) is 7.10. The van der Waals surface area contributed by atoms with Gasteiger partial charge in [0.25, 0.3) is 0 Å². The van der Waals surface area contributed by atoms with Crippen LogP contribution in [-0.2, 0) is 6.54 Å². The number of nitrogens with zero attached hydrogens (tertiary/aromatic N) is 1. The SMILES string of the molecule is Cc1ccc(N(C)CC(C)C)c(CNC2CC2)c1. The largest absolute Gasteiger partial charge is 0.374 e. The summed E-state index contributed by atoms with van der Waals surface area (Å²) in [6, 6.07) is 7.57. The van der Waals surface area contributed by atoms with Crippen LogP contribution in [0.15, 0.2) is 18.2 Å². The summed E-state index contributed by atoms with van der Waals surface area (Å²) in [5.74, 6) is 0.695. The standard InChI is InChI=1S/C16H26N2/c1-12(2)11-18(4)16-8-5-13(3)9-14(16)10-17-15-6-7-15/h5,8-9,12,15,17H,6-7,10-11H2,1-4H3. The van der Waals surface area contributed by atoms with E-state index in [1.807, 2.05) is 0 Å². The minimum atomic E-state index is 0.695. The molecule has 2 rings (SSSR count). The Morgan fingerprint density at radius 1 is 1.33 bits per heavy atom. The molecule has 2 nitrogen and oxygen atoms in total. The molecule has 0 aromatic heterocycles. The van der Waals surface area contributed by atoms with Crippen molar-refractivity contribution >= 4 is 5.69 Å². The number of rotatable bonds is 6. The molecular weight excluding hydrogens is 220 g/mol. The van der Waals surface area contributed by atoms with Crippen LogP contribution in [0.3, 0.4) is 0 Å². The third kappa shape index (κ3) is 3.74. The molecule has 0 amide bonds. The van der Waals surface area contributed by atoms with Gasteiger partial charge in [-0.3, -0.25) is 0 Å². The van der Waals surface area contributed by atoms with Crippen molar-refractivity contribution in [2.24, 2.45) is 5.92 Å². The lowest BCUT2D eigenvalue weighted by Crippen LogP contribution is -2.25. The summed E-state index contributed by atoms with van der Waals surface area (Å²) in [5.41, 5.74) is 4.16. The zero-order valence-corrected chi connectivity index (χ0v) is 12.2. The van der Waals surface area contributed by atoms with Crippen molar-refractivity contribution in [3.63, 3.8) is 0 Å². The molecule has 1 aliphatic carbocycles. The minimum absolute atomic E-state index is 0.695. The van der Waals surface area contributed by atoms with Gasteiger partial charge in [-0.2, -0.15) is 0 Å². The normalized spacial score (nSPS) is 15.2. The van der Waals surface area contributed by atoms with Crippen molar-refractivity contribution in [3.8, 4) is 0 Å². The van der Waals surface area contributed by atoms with E-state index in [1.165, 1.54) is 29.7 Å². The predicted octanol–water partition coefficient (Wildman–Crippen LogP) is 3.34. The summed E-state index contributed by atoms with van der Waals surface area (Å²) in [4.78, 5) is 2.38. The van der Waals surface area contributed by atoms with Gasteiger partial charge >= 0.3 is 0 Å². The van der Waals surface area contributed by atoms with Crippen LogP contribution in [0.5, 0.6) is 0 Å². The maximum atomic E-state index is 3.62. The van der Waals surface area contributed by atoms with Crippen molar-refractivity contribution in [2.45, 2.75) is 46.2 Å². The smallest absolute Gasteiger partial charge is 0.0409 e. The van der Waals surface area contributed by atoms with Crippen molar-refractivity contribution in [2.75, 3.05) is 18.5 Å². The van der Waals surface area contributed by atoms with Crippen LogP contribution in [-0.4, -0.2) is 19.6 Å². The fraction of sp³-hybridized carbons (Fsp3) is 0.625. The van der Waals surface area contributed by atoms with E-state index < -0.39 is 0 Å². The molecule has 1 saturated carbocycles. The number of anilines is 1. The predicted molar refractivity (Wildman–Crippen MR) is 79.1 cm³/mol. The Morgan fingerprint density at radius 2 is 2.06 bits per heavy atom. The average Bonchev–Trinajstić information content (AvgIpc) is 3.09. The first-order valence-electron chi connectivity index (χ1n) is 7.10. The molecule has 1 aliphatic rings. The van der Waals surface area contributed by atoms with Crippen molar-refractivity contribution < 1.29 is 0 Å². The molecule has 0 aliphatic heterocycles. The molecule has 1 fully saturated rings. The van der Waals surface area contributed by atoms with Gasteiger partial charge in [0.2, 0.25) is 0 Å². The number of aryl methyl sites for hydroxylation is 1. The molecule has 0 unspecified atom stereocenters. The molecular formula is C16H26N2. The van der Waals surface area contributed by atoms with E-state index in [-0.39, 0.29) is 0 Å². The summed E-state index contributed by atoms with van der Waals surface area (Å²) in [6.45, 7) is 8.83. The summed E-state index contributed by atoms with van der Waals surface area (Å²) in [7, 11) is 2.20. The van der Waals surface area contributed by atoms with E-state index in [9.17, 15) is 0 Å².